The van der Waals surface area contributed by atoms with Gasteiger partial charge >= 0.3 is 5.00 Å². The lowest BCUT2D eigenvalue weighted by molar-refractivity contribution is -0.380. The second-order valence-electron chi connectivity index (χ2n) is 6.63. The molecule has 3 rings (SSSR count). The van der Waals surface area contributed by atoms with E-state index in [0.29, 0.717) is 23.6 Å². The molecule has 1 aromatic heterocycles. The van der Waals surface area contributed by atoms with E-state index in [1.54, 1.807) is 0 Å². The van der Waals surface area contributed by atoms with Gasteiger partial charge in [-0.2, -0.15) is 0 Å². The number of hydrogen-bond acceptors (Lipinski definition) is 8. The van der Waals surface area contributed by atoms with Gasteiger partial charge in [0.05, 0.1) is 16.4 Å². The second kappa shape index (κ2) is 9.29. The number of hydrogen-bond donors (Lipinski definition) is 2. The third kappa shape index (κ3) is 5.95. The highest BCUT2D eigenvalue weighted by molar-refractivity contribution is 7.93. The number of nitrogens with zero attached hydrogens (tertiary/aromatic N) is 3. The van der Waals surface area contributed by atoms with Crippen LogP contribution < -0.4 is 10.0 Å². The Hall–Kier alpha value is -2.57. The van der Waals surface area contributed by atoms with Crippen molar-refractivity contribution in [2.24, 2.45) is 0 Å². The normalized spacial score (nSPS) is 15.4. The number of rotatable bonds is 7. The Bertz CT molecular complexity index is 966. The zero-order valence-corrected chi connectivity index (χ0v) is 17.2. The first-order chi connectivity index (χ1) is 13.8. The molecule has 2 heterocycles. The van der Waals surface area contributed by atoms with Crippen LogP contribution in [0.2, 0.25) is 0 Å². The van der Waals surface area contributed by atoms with E-state index < -0.39 is 14.9 Å². The molecule has 0 unspecified atom stereocenters. The maximum atomic E-state index is 12.4. The van der Waals surface area contributed by atoms with Gasteiger partial charge in [0.25, 0.3) is 10.0 Å². The van der Waals surface area contributed by atoms with Gasteiger partial charge in [-0.05, 0) is 61.5 Å². The van der Waals surface area contributed by atoms with E-state index in [1.807, 2.05) is 0 Å². The van der Waals surface area contributed by atoms with E-state index in [9.17, 15) is 23.3 Å². The van der Waals surface area contributed by atoms with Crippen LogP contribution in [-0.2, 0) is 14.8 Å². The van der Waals surface area contributed by atoms with Crippen LogP contribution in [0.4, 0.5) is 15.8 Å². The van der Waals surface area contributed by atoms with Crippen molar-refractivity contribution in [1.82, 2.24) is 9.88 Å². The molecule has 0 atom stereocenters. The van der Waals surface area contributed by atoms with Gasteiger partial charge in [-0.25, -0.2) is 13.4 Å². The summed E-state index contributed by atoms with van der Waals surface area (Å²) in [6, 6.07) is 5.70. The predicted molar refractivity (Wildman–Crippen MR) is 110 cm³/mol. The third-order valence-corrected chi connectivity index (χ3v) is 6.76. The minimum atomic E-state index is -3.94. The molecule has 0 aliphatic carbocycles. The van der Waals surface area contributed by atoms with Crippen LogP contribution in [0.15, 0.2) is 35.4 Å². The summed E-state index contributed by atoms with van der Waals surface area (Å²) in [4.78, 5) is 28.0. The molecule has 1 fully saturated rings. The summed E-state index contributed by atoms with van der Waals surface area (Å²) in [6.45, 7) is 2.13. The van der Waals surface area contributed by atoms with Crippen molar-refractivity contribution >= 4 is 43.1 Å². The van der Waals surface area contributed by atoms with Crippen molar-refractivity contribution in [1.29, 1.82) is 0 Å². The van der Waals surface area contributed by atoms with Crippen molar-refractivity contribution in [3.05, 3.63) is 40.6 Å². The number of carbonyl (C=O) groups excluding carboxylic acids is 1. The molecule has 12 heteroatoms. The summed E-state index contributed by atoms with van der Waals surface area (Å²) in [5.41, 5.74) is 0.494. The Balaban J connectivity index is 1.59. The molecule has 29 heavy (non-hydrogen) atoms. The van der Waals surface area contributed by atoms with Crippen LogP contribution in [0.5, 0.6) is 0 Å². The molecule has 1 aliphatic heterocycles. The highest BCUT2D eigenvalue weighted by Crippen LogP contribution is 2.27. The molecule has 2 N–H and O–H groups in total. The molecule has 2 aromatic rings. The lowest BCUT2D eigenvalue weighted by Gasteiger charge is -2.19. The first-order valence-corrected chi connectivity index (χ1v) is 11.4. The number of sulfonamides is 1. The van der Waals surface area contributed by atoms with Gasteiger partial charge in [0.1, 0.15) is 6.20 Å². The number of likely N-dealkylation sites (tertiary alicyclic amines) is 1. The zero-order chi connectivity index (χ0) is 20.9. The first-order valence-electron chi connectivity index (χ1n) is 9.09. The predicted octanol–water partition coefficient (Wildman–Crippen LogP) is 2.67. The molecule has 0 bridgehead atoms. The molecule has 10 nitrogen and oxygen atoms in total. The van der Waals surface area contributed by atoms with Gasteiger partial charge in [0, 0.05) is 5.69 Å². The molecule has 0 spiro atoms. The van der Waals surface area contributed by atoms with Crippen molar-refractivity contribution in [2.45, 2.75) is 30.6 Å². The average molecular weight is 440 g/mol. The molecular weight excluding hydrogens is 418 g/mol. The van der Waals surface area contributed by atoms with Crippen LogP contribution in [0.3, 0.4) is 0 Å². The van der Waals surface area contributed by atoms with Gasteiger partial charge in [0.2, 0.25) is 11.0 Å². The molecule has 0 radical (unpaired) electrons. The number of aromatic nitrogens is 1. The summed E-state index contributed by atoms with van der Waals surface area (Å²) in [7, 11) is -3.94. The topological polar surface area (TPSA) is 135 Å². The van der Waals surface area contributed by atoms with Crippen LogP contribution in [-0.4, -0.2) is 48.8 Å². The fraction of sp³-hybridized carbons (Fsp3) is 0.412. The Kier molecular flexibility index (Phi) is 6.77. The zero-order valence-electron chi connectivity index (χ0n) is 15.5. The van der Waals surface area contributed by atoms with Gasteiger partial charge in [-0.1, -0.05) is 12.8 Å². The summed E-state index contributed by atoms with van der Waals surface area (Å²) >= 11 is 0.630. The summed E-state index contributed by atoms with van der Waals surface area (Å²) in [6.07, 6.45) is 5.56. The standard InChI is InChI=1S/C17H21N5O5S2/c23-15(12-21-9-3-1-2-4-10-21)19-13-5-7-14(8-6-13)29(26,27)20-17-18-11-16(28-17)22(24)25/h5-8,11H,1-4,9-10,12H2,(H,18,20)(H,19,23). The van der Waals surface area contributed by atoms with Crippen LogP contribution >= 0.6 is 11.3 Å². The molecule has 1 amide bonds. The molecular formula is C17H21N5O5S2. The number of nitro groups is 1. The minimum absolute atomic E-state index is 0.0409. The highest BCUT2D eigenvalue weighted by atomic mass is 32.2. The maximum absolute atomic E-state index is 12.4. The van der Waals surface area contributed by atoms with Crippen LogP contribution in [0, 0.1) is 10.1 Å². The number of carbonyl (C=O) groups is 1. The number of amides is 1. The Morgan fingerprint density at radius 1 is 1.17 bits per heavy atom. The molecule has 1 aromatic carbocycles. The van der Waals surface area contributed by atoms with E-state index in [2.05, 4.69) is 19.9 Å². The summed E-state index contributed by atoms with van der Waals surface area (Å²) in [5.74, 6) is -0.143. The number of nitrogens with one attached hydrogen (secondary N) is 2. The monoisotopic (exact) mass is 439 g/mol. The van der Waals surface area contributed by atoms with Gasteiger partial charge in [0.15, 0.2) is 0 Å². The van der Waals surface area contributed by atoms with Crippen molar-refractivity contribution in [3.8, 4) is 0 Å². The molecule has 156 valence electrons. The van der Waals surface area contributed by atoms with Gasteiger partial charge < -0.3 is 5.32 Å². The van der Waals surface area contributed by atoms with Crippen LogP contribution in [0.25, 0.3) is 0 Å². The van der Waals surface area contributed by atoms with Crippen molar-refractivity contribution in [3.63, 3.8) is 0 Å². The van der Waals surface area contributed by atoms with Gasteiger partial charge in [-0.15, -0.1) is 0 Å². The van der Waals surface area contributed by atoms with E-state index in [-0.39, 0.29) is 20.9 Å². The SMILES string of the molecule is O=C(CN1CCCCCC1)Nc1ccc(S(=O)(=O)Nc2ncc([N+](=O)[O-])s2)cc1. The number of benzene rings is 1. The number of anilines is 2. The molecule has 1 saturated heterocycles. The van der Waals surface area contributed by atoms with Crippen molar-refractivity contribution in [2.75, 3.05) is 29.7 Å². The fourth-order valence-electron chi connectivity index (χ4n) is 2.99. The van der Waals surface area contributed by atoms with Crippen molar-refractivity contribution < 1.29 is 18.1 Å². The third-order valence-electron chi connectivity index (χ3n) is 4.41. The highest BCUT2D eigenvalue weighted by Gasteiger charge is 2.19. The summed E-state index contributed by atoms with van der Waals surface area (Å²) in [5, 5.41) is 13.1. The van der Waals surface area contributed by atoms with Crippen LogP contribution in [0.1, 0.15) is 25.7 Å². The molecule has 1 aliphatic rings. The quantitative estimate of drug-likeness (QED) is 0.500. The lowest BCUT2D eigenvalue weighted by Crippen LogP contribution is -2.33. The van der Waals surface area contributed by atoms with Gasteiger partial charge in [-0.3, -0.25) is 24.5 Å². The summed E-state index contributed by atoms with van der Waals surface area (Å²) < 4.78 is 27.0. The second-order valence-corrected chi connectivity index (χ2v) is 9.32. The Morgan fingerprint density at radius 3 is 2.41 bits per heavy atom. The lowest BCUT2D eigenvalue weighted by atomic mass is 10.2. The smallest absolute Gasteiger partial charge is 0.325 e. The fourth-order valence-corrected chi connectivity index (χ4v) is 4.86. The van der Waals surface area contributed by atoms with E-state index in [4.69, 9.17) is 0 Å². The maximum Gasteiger partial charge on any atom is 0.345 e. The van der Waals surface area contributed by atoms with E-state index in [1.165, 1.54) is 37.1 Å². The first kappa shape index (κ1) is 21.1. The van der Waals surface area contributed by atoms with E-state index >= 15 is 0 Å². The largest absolute Gasteiger partial charge is 0.345 e. The average Bonchev–Trinajstić information content (AvgIpc) is 2.98. The Morgan fingerprint density at radius 2 is 1.83 bits per heavy atom. The number of thiazole rings is 1. The molecule has 0 saturated carbocycles. The minimum Gasteiger partial charge on any atom is -0.325 e. The Labute approximate surface area is 172 Å². The van der Waals surface area contributed by atoms with E-state index in [0.717, 1.165) is 32.1 Å².